The Morgan fingerprint density at radius 3 is 2.68 bits per heavy atom. The molecule has 1 unspecified atom stereocenters. The van der Waals surface area contributed by atoms with Gasteiger partial charge in [0.1, 0.15) is 11.6 Å². The molecule has 0 saturated carbocycles. The van der Waals surface area contributed by atoms with Gasteiger partial charge in [0.2, 0.25) is 0 Å². The van der Waals surface area contributed by atoms with Crippen LogP contribution in [0, 0.1) is 11.7 Å². The van der Waals surface area contributed by atoms with Gasteiger partial charge in [-0.25, -0.2) is 4.39 Å². The smallest absolute Gasteiger partial charge is 0.137 e. The number of benzene rings is 1. The van der Waals surface area contributed by atoms with Crippen LogP contribution in [0.1, 0.15) is 33.6 Å². The number of hydrogen-bond donors (Lipinski definition) is 1. The first-order chi connectivity index (χ1) is 8.99. The van der Waals surface area contributed by atoms with Gasteiger partial charge in [0.25, 0.3) is 0 Å². The molecule has 0 radical (unpaired) electrons. The summed E-state index contributed by atoms with van der Waals surface area (Å²) in [6.45, 7) is 8.51. The molecule has 4 heteroatoms. The molecule has 0 spiro atoms. The Hall–Kier alpha value is -0.610. The van der Waals surface area contributed by atoms with Crippen molar-refractivity contribution >= 4 is 15.9 Å². The van der Waals surface area contributed by atoms with Crippen molar-refractivity contribution in [1.82, 2.24) is 5.32 Å². The van der Waals surface area contributed by atoms with Gasteiger partial charge in [-0.3, -0.25) is 0 Å². The van der Waals surface area contributed by atoms with E-state index in [9.17, 15) is 4.39 Å². The van der Waals surface area contributed by atoms with E-state index in [2.05, 4.69) is 35.1 Å². The number of ether oxygens (including phenoxy) is 1. The maximum atomic E-state index is 13.1. The molecule has 1 atom stereocenters. The molecule has 0 aliphatic carbocycles. The molecule has 0 saturated heterocycles. The molecule has 0 amide bonds. The van der Waals surface area contributed by atoms with E-state index in [1.54, 1.807) is 12.1 Å². The first-order valence-electron chi connectivity index (χ1n) is 6.81. The van der Waals surface area contributed by atoms with E-state index >= 15 is 0 Å². The highest BCUT2D eigenvalue weighted by atomic mass is 79.9. The Bertz CT molecular complexity index is 384. The maximum Gasteiger partial charge on any atom is 0.137 e. The van der Waals surface area contributed by atoms with Crippen molar-refractivity contribution < 1.29 is 9.13 Å². The monoisotopic (exact) mass is 331 g/mol. The van der Waals surface area contributed by atoms with Crippen LogP contribution in [0.4, 0.5) is 4.39 Å². The SMILES string of the molecule is CC(C)CNCCCC(C)Oc1ccc(F)c(Br)c1. The Kier molecular flexibility index (Phi) is 7.39. The first-order valence-corrected chi connectivity index (χ1v) is 7.60. The van der Waals surface area contributed by atoms with E-state index < -0.39 is 0 Å². The zero-order chi connectivity index (χ0) is 14.3. The summed E-state index contributed by atoms with van der Waals surface area (Å²) >= 11 is 3.16. The summed E-state index contributed by atoms with van der Waals surface area (Å²) in [5, 5.41) is 3.41. The zero-order valence-electron chi connectivity index (χ0n) is 11.9. The van der Waals surface area contributed by atoms with Gasteiger partial charge in [-0.15, -0.1) is 0 Å². The van der Waals surface area contributed by atoms with Gasteiger partial charge in [-0.1, -0.05) is 13.8 Å². The lowest BCUT2D eigenvalue weighted by Crippen LogP contribution is -2.22. The minimum atomic E-state index is -0.266. The highest BCUT2D eigenvalue weighted by Crippen LogP contribution is 2.23. The van der Waals surface area contributed by atoms with Crippen LogP contribution in [-0.2, 0) is 0 Å². The van der Waals surface area contributed by atoms with Gasteiger partial charge in [0.15, 0.2) is 0 Å². The van der Waals surface area contributed by atoms with Gasteiger partial charge < -0.3 is 10.1 Å². The van der Waals surface area contributed by atoms with Crippen LogP contribution in [0.5, 0.6) is 5.75 Å². The predicted octanol–water partition coefficient (Wildman–Crippen LogP) is 4.38. The van der Waals surface area contributed by atoms with Crippen LogP contribution in [0.2, 0.25) is 0 Å². The zero-order valence-corrected chi connectivity index (χ0v) is 13.5. The summed E-state index contributed by atoms with van der Waals surface area (Å²) in [5.41, 5.74) is 0. The molecular weight excluding hydrogens is 309 g/mol. The molecule has 0 aliphatic rings. The fraction of sp³-hybridized carbons (Fsp3) is 0.600. The average molecular weight is 332 g/mol. The third-order valence-corrected chi connectivity index (χ3v) is 3.35. The van der Waals surface area contributed by atoms with Gasteiger partial charge in [-0.05, 0) is 72.9 Å². The molecule has 1 aromatic carbocycles. The van der Waals surface area contributed by atoms with Crippen molar-refractivity contribution in [1.29, 1.82) is 0 Å². The van der Waals surface area contributed by atoms with Gasteiger partial charge >= 0.3 is 0 Å². The third-order valence-electron chi connectivity index (χ3n) is 2.75. The van der Waals surface area contributed by atoms with Gasteiger partial charge in [0, 0.05) is 0 Å². The second-order valence-corrected chi connectivity index (χ2v) is 6.10. The van der Waals surface area contributed by atoms with Crippen molar-refractivity contribution in [3.8, 4) is 5.75 Å². The summed E-state index contributed by atoms with van der Waals surface area (Å²) in [5.74, 6) is 1.12. The molecule has 0 bridgehead atoms. The molecule has 19 heavy (non-hydrogen) atoms. The molecule has 1 N–H and O–H groups in total. The van der Waals surface area contributed by atoms with Gasteiger partial charge in [0.05, 0.1) is 10.6 Å². The molecule has 0 fully saturated rings. The van der Waals surface area contributed by atoms with E-state index in [0.717, 1.165) is 25.9 Å². The van der Waals surface area contributed by atoms with E-state index in [1.165, 1.54) is 6.07 Å². The van der Waals surface area contributed by atoms with Crippen LogP contribution in [0.15, 0.2) is 22.7 Å². The number of halogens is 2. The second kappa shape index (κ2) is 8.54. The molecule has 108 valence electrons. The van der Waals surface area contributed by atoms with Crippen LogP contribution in [0.3, 0.4) is 0 Å². The fourth-order valence-corrected chi connectivity index (χ4v) is 2.10. The van der Waals surface area contributed by atoms with Crippen molar-refractivity contribution in [3.05, 3.63) is 28.5 Å². The molecule has 1 aromatic rings. The third kappa shape index (κ3) is 6.92. The summed E-state index contributed by atoms with van der Waals surface area (Å²) in [6, 6.07) is 4.74. The van der Waals surface area contributed by atoms with Gasteiger partial charge in [-0.2, -0.15) is 0 Å². The largest absolute Gasteiger partial charge is 0.491 e. The first kappa shape index (κ1) is 16.4. The lowest BCUT2D eigenvalue weighted by atomic mass is 10.2. The summed E-state index contributed by atoms with van der Waals surface area (Å²) in [7, 11) is 0. The lowest BCUT2D eigenvalue weighted by Gasteiger charge is -2.15. The Labute approximate surface area is 123 Å². The number of nitrogens with one attached hydrogen (secondary N) is 1. The van der Waals surface area contributed by atoms with Crippen LogP contribution in [-0.4, -0.2) is 19.2 Å². The van der Waals surface area contributed by atoms with Crippen LogP contribution in [0.25, 0.3) is 0 Å². The normalized spacial score (nSPS) is 12.7. The summed E-state index contributed by atoms with van der Waals surface area (Å²) in [6.07, 6.45) is 2.20. The minimum absolute atomic E-state index is 0.137. The van der Waals surface area contributed by atoms with Crippen LogP contribution < -0.4 is 10.1 Å². The number of hydrogen-bond acceptors (Lipinski definition) is 2. The van der Waals surface area contributed by atoms with E-state index in [4.69, 9.17) is 4.74 Å². The Morgan fingerprint density at radius 1 is 1.32 bits per heavy atom. The Balaban J connectivity index is 2.23. The average Bonchev–Trinajstić information content (AvgIpc) is 2.33. The van der Waals surface area contributed by atoms with Crippen molar-refractivity contribution in [3.63, 3.8) is 0 Å². The number of rotatable bonds is 8. The van der Waals surface area contributed by atoms with Crippen molar-refractivity contribution in [2.75, 3.05) is 13.1 Å². The summed E-state index contributed by atoms with van der Waals surface area (Å²) < 4.78 is 19.3. The lowest BCUT2D eigenvalue weighted by molar-refractivity contribution is 0.207. The van der Waals surface area contributed by atoms with Crippen LogP contribution >= 0.6 is 15.9 Å². The molecule has 1 rings (SSSR count). The highest BCUT2D eigenvalue weighted by molar-refractivity contribution is 9.10. The van der Waals surface area contributed by atoms with E-state index in [0.29, 0.717) is 16.1 Å². The summed E-state index contributed by atoms with van der Waals surface area (Å²) in [4.78, 5) is 0. The molecule has 0 aromatic heterocycles. The molecular formula is C15H23BrFNO. The second-order valence-electron chi connectivity index (χ2n) is 5.24. The van der Waals surface area contributed by atoms with Crippen molar-refractivity contribution in [2.45, 2.75) is 39.7 Å². The molecule has 2 nitrogen and oxygen atoms in total. The Morgan fingerprint density at radius 2 is 2.05 bits per heavy atom. The highest BCUT2D eigenvalue weighted by Gasteiger charge is 2.06. The fourth-order valence-electron chi connectivity index (χ4n) is 1.75. The van der Waals surface area contributed by atoms with Crippen molar-refractivity contribution in [2.24, 2.45) is 5.92 Å². The maximum absolute atomic E-state index is 13.1. The molecule has 0 aliphatic heterocycles. The standard InChI is InChI=1S/C15H23BrFNO/c1-11(2)10-18-8-4-5-12(3)19-13-6-7-15(17)14(16)9-13/h6-7,9,11-12,18H,4-5,8,10H2,1-3H3. The predicted molar refractivity (Wildman–Crippen MR) is 81.1 cm³/mol. The topological polar surface area (TPSA) is 21.3 Å². The van der Waals surface area contributed by atoms with E-state index in [-0.39, 0.29) is 11.9 Å². The quantitative estimate of drug-likeness (QED) is 0.713. The minimum Gasteiger partial charge on any atom is -0.491 e. The van der Waals surface area contributed by atoms with E-state index in [1.807, 2.05) is 6.92 Å². The molecule has 0 heterocycles.